The van der Waals surface area contributed by atoms with Crippen molar-refractivity contribution in [3.05, 3.63) is 181 Å². The van der Waals surface area contributed by atoms with Gasteiger partial charge in [-0.25, -0.2) is 9.97 Å². The molecule has 248 valence electrons. The van der Waals surface area contributed by atoms with E-state index >= 15 is 0 Å². The molecule has 4 nitrogen and oxygen atoms in total. The predicted molar refractivity (Wildman–Crippen MR) is 221 cm³/mol. The van der Waals surface area contributed by atoms with Gasteiger partial charge in [0.2, 0.25) is 5.95 Å². The maximum absolute atomic E-state index is 9.91. The van der Waals surface area contributed by atoms with Crippen LogP contribution in [0.4, 0.5) is 0 Å². The van der Waals surface area contributed by atoms with Gasteiger partial charge in [-0.05, 0) is 77.2 Å². The van der Waals surface area contributed by atoms with Crippen LogP contribution < -0.4 is 0 Å². The lowest BCUT2D eigenvalue weighted by Gasteiger charge is -2.12. The molecule has 0 aliphatic rings. The summed E-state index contributed by atoms with van der Waals surface area (Å²) >= 11 is 0. The van der Waals surface area contributed by atoms with Crippen molar-refractivity contribution in [2.24, 2.45) is 0 Å². The topological polar surface area (TPSA) is 35.6 Å². The molecule has 0 fully saturated rings. The summed E-state index contributed by atoms with van der Waals surface area (Å²) in [4.78, 5) is 9.28. The van der Waals surface area contributed by atoms with E-state index in [-0.39, 0.29) is 16.3 Å². The highest BCUT2D eigenvalue weighted by atomic mass is 15.2. The predicted octanol–water partition coefficient (Wildman–Crippen LogP) is 12.6. The van der Waals surface area contributed by atoms with Crippen molar-refractivity contribution in [3.8, 4) is 34.0 Å². The Kier molecular flexibility index (Phi) is 2.86. The highest BCUT2D eigenvalue weighted by Gasteiger charge is 2.22. The number of rotatable bonds is 4. The molecule has 0 unspecified atom stereocenters. The zero-order valence-electron chi connectivity index (χ0n) is 54.9. The lowest BCUT2D eigenvalue weighted by Crippen LogP contribution is -2.03. The van der Waals surface area contributed by atoms with Gasteiger partial charge in [-0.15, -0.1) is 0 Å². The van der Waals surface area contributed by atoms with Crippen molar-refractivity contribution in [2.75, 3.05) is 0 Å². The molecular weight excluding hydrogens is 645 g/mol. The third-order valence-corrected chi connectivity index (χ3v) is 8.68. The van der Waals surface area contributed by atoms with Gasteiger partial charge in [0.05, 0.1) is 71.7 Å². The minimum Gasteiger partial charge on any atom is -0.309 e. The van der Waals surface area contributed by atoms with Gasteiger partial charge in [-0.2, -0.15) is 0 Å². The van der Waals surface area contributed by atoms with Crippen LogP contribution >= 0.6 is 0 Å². The Labute approximate surface area is 345 Å². The standard InChI is InChI=1S/C49H32N4/c1-31-19-20-35-30-36(22-21-34(35)29-31)48-38-13-5-8-16-41(38)50-49(51-48)53-43-18-10-7-15-40(43)47-45(53)28-27-44-46(47)39-14-6-9-17-42(39)52(44)37-25-23-33(24-26-37)32-11-3-2-4-12-32/h2-30H,1H3/i2D,3D,4D,5D,6D,7D,8D,9D,10D,11D,12D,14D,15D,16D,17D,18D,19D,20D,21D,22D,23D,24D,25D,26D,27D,28D,29D,30D. The summed E-state index contributed by atoms with van der Waals surface area (Å²) in [5, 5.41) is -3.11. The van der Waals surface area contributed by atoms with Crippen LogP contribution in [0.15, 0.2) is 175 Å². The number of hydrogen-bond donors (Lipinski definition) is 0. The first-order valence-electron chi connectivity index (χ1n) is 29.8. The highest BCUT2D eigenvalue weighted by Crippen LogP contribution is 2.42. The molecule has 0 amide bonds. The van der Waals surface area contributed by atoms with Crippen molar-refractivity contribution in [1.29, 1.82) is 0 Å². The SMILES string of the molecule is [2H]c1cc2c(-c3c([2H])c([2H])c4c([2H])c(C)c([2H])c([2H])c4c3[2H])nc(-n3c4c([2H])c([2H])c([2H])c([2H])c4c4c5c6c([2H])c([2H])c([2H])c([2H])c6n(-c6c([2H])c([2H])c(-c7c([2H])c([2H])c([2H])c([2H])c7[2H])c([2H])c6[2H])c5c([2H])c([2H])c43)nc2c([2H])c1[2H]. The van der Waals surface area contributed by atoms with E-state index in [4.69, 9.17) is 26.9 Å². The van der Waals surface area contributed by atoms with Crippen LogP contribution in [0.25, 0.3) is 99.3 Å². The number of benzene rings is 8. The average Bonchev–Trinajstić information content (AvgIpc) is 1.91. The van der Waals surface area contributed by atoms with Crippen molar-refractivity contribution < 1.29 is 38.4 Å². The van der Waals surface area contributed by atoms with Gasteiger partial charge in [0.15, 0.2) is 0 Å². The molecule has 4 heteroatoms. The molecule has 11 aromatic rings. The quantitative estimate of drug-likeness (QED) is 0.183. The van der Waals surface area contributed by atoms with E-state index in [1.165, 1.54) is 6.92 Å². The summed E-state index contributed by atoms with van der Waals surface area (Å²) < 4.78 is 254. The van der Waals surface area contributed by atoms with Crippen LogP contribution in [0.5, 0.6) is 0 Å². The molecule has 3 heterocycles. The van der Waals surface area contributed by atoms with E-state index in [0.717, 1.165) is 15.2 Å². The second-order valence-electron chi connectivity index (χ2n) is 11.7. The van der Waals surface area contributed by atoms with Crippen molar-refractivity contribution in [3.63, 3.8) is 0 Å². The van der Waals surface area contributed by atoms with Crippen LogP contribution in [-0.4, -0.2) is 19.1 Å². The molecule has 0 saturated carbocycles. The summed E-state index contributed by atoms with van der Waals surface area (Å²) in [6.45, 7) is 1.36. The Morgan fingerprint density at radius 1 is 0.453 bits per heavy atom. The molecule has 0 N–H and O–H groups in total. The van der Waals surface area contributed by atoms with Gasteiger partial charge >= 0.3 is 0 Å². The fourth-order valence-corrected chi connectivity index (χ4v) is 6.45. The molecular formula is C49H32N4. The summed E-state index contributed by atoms with van der Waals surface area (Å²) in [5.74, 6) is -0.767. The minimum absolute atomic E-state index is 0.0285. The van der Waals surface area contributed by atoms with Crippen molar-refractivity contribution in [2.45, 2.75) is 6.92 Å². The molecule has 3 aromatic heterocycles. The zero-order valence-corrected chi connectivity index (χ0v) is 26.9. The molecule has 0 radical (unpaired) electrons. The van der Waals surface area contributed by atoms with Crippen LogP contribution in [-0.2, 0) is 0 Å². The molecule has 0 atom stereocenters. The molecule has 8 aromatic carbocycles. The number of aromatic nitrogens is 4. The fourth-order valence-electron chi connectivity index (χ4n) is 6.45. The minimum atomic E-state index is -1.04. The fraction of sp³-hybridized carbons (Fsp3) is 0.0204. The number of para-hydroxylation sites is 3. The summed E-state index contributed by atoms with van der Waals surface area (Å²) in [6, 6.07) is -22.3. The van der Waals surface area contributed by atoms with E-state index < -0.39 is 258 Å². The van der Waals surface area contributed by atoms with Crippen LogP contribution in [0.2, 0.25) is 0 Å². The summed E-state index contributed by atoms with van der Waals surface area (Å²) in [6.07, 6.45) is 0. The number of fused-ring (bicyclic) bond motifs is 9. The second kappa shape index (κ2) is 11.5. The third-order valence-electron chi connectivity index (χ3n) is 8.68. The number of nitrogens with zero attached hydrogens (tertiary/aromatic N) is 4. The highest BCUT2D eigenvalue weighted by molar-refractivity contribution is 6.28. The van der Waals surface area contributed by atoms with Crippen molar-refractivity contribution >= 4 is 65.3 Å². The van der Waals surface area contributed by atoms with Gasteiger partial charge in [0.1, 0.15) is 0 Å². The second-order valence-corrected chi connectivity index (χ2v) is 11.7. The summed E-state index contributed by atoms with van der Waals surface area (Å²) in [7, 11) is 0. The monoisotopic (exact) mass is 704 g/mol. The van der Waals surface area contributed by atoms with Crippen LogP contribution in [0.3, 0.4) is 0 Å². The molecule has 0 bridgehead atoms. The van der Waals surface area contributed by atoms with E-state index in [2.05, 4.69) is 4.98 Å². The maximum Gasteiger partial charge on any atom is 0.235 e. The number of hydrogen-bond acceptors (Lipinski definition) is 2. The molecule has 0 aliphatic carbocycles. The van der Waals surface area contributed by atoms with Crippen molar-refractivity contribution in [1.82, 2.24) is 19.1 Å². The Morgan fingerprint density at radius 3 is 1.83 bits per heavy atom. The molecule has 11 rings (SSSR count). The Morgan fingerprint density at radius 2 is 1.06 bits per heavy atom. The average molecular weight is 705 g/mol. The Hall–Kier alpha value is -7.04. The van der Waals surface area contributed by atoms with Gasteiger partial charge in [0.25, 0.3) is 0 Å². The van der Waals surface area contributed by atoms with E-state index in [0.29, 0.717) is 0 Å². The molecule has 0 spiro atoms. The Bertz CT molecular complexity index is 4810. The lowest BCUT2D eigenvalue weighted by atomic mass is 10.0. The maximum atomic E-state index is 9.91. The largest absolute Gasteiger partial charge is 0.309 e. The van der Waals surface area contributed by atoms with Gasteiger partial charge in [0, 0.05) is 38.2 Å². The first-order valence-corrected chi connectivity index (χ1v) is 15.8. The lowest BCUT2D eigenvalue weighted by molar-refractivity contribution is 1.01. The van der Waals surface area contributed by atoms with E-state index in [1.54, 1.807) is 0 Å². The van der Waals surface area contributed by atoms with Gasteiger partial charge in [-0.3, -0.25) is 4.57 Å². The van der Waals surface area contributed by atoms with E-state index in [9.17, 15) is 16.4 Å². The van der Waals surface area contributed by atoms with E-state index in [1.807, 2.05) is 0 Å². The van der Waals surface area contributed by atoms with Gasteiger partial charge < -0.3 is 4.57 Å². The first kappa shape index (κ1) is 13.2. The van der Waals surface area contributed by atoms with Gasteiger partial charge in [-0.1, -0.05) is 132 Å². The third kappa shape index (κ3) is 4.56. The molecule has 53 heavy (non-hydrogen) atoms. The van der Waals surface area contributed by atoms with Crippen LogP contribution in [0, 0.1) is 6.92 Å². The normalized spacial score (nSPS) is 19.3. The molecule has 0 aliphatic heterocycles. The Balaban J connectivity index is 1.39. The first-order chi connectivity index (χ1) is 37.9. The zero-order chi connectivity index (χ0) is 59.4. The smallest absolute Gasteiger partial charge is 0.235 e. The van der Waals surface area contributed by atoms with Crippen LogP contribution in [0.1, 0.15) is 43.9 Å². The summed E-state index contributed by atoms with van der Waals surface area (Å²) in [5.41, 5.74) is -6.46. The molecule has 0 saturated heterocycles.